The molecule has 8 heteroatoms. The molecule has 0 bridgehead atoms. The van der Waals surface area contributed by atoms with E-state index in [1.165, 1.54) is 9.91 Å². The van der Waals surface area contributed by atoms with E-state index in [1.807, 2.05) is 48.5 Å². The number of Topliss-reactive ketones (excluding diaryl/α,β-unsaturated/α-hetero) is 1. The summed E-state index contributed by atoms with van der Waals surface area (Å²) in [5.74, 6) is -0.314. The Bertz CT molecular complexity index is 1350. The van der Waals surface area contributed by atoms with Crippen LogP contribution in [0, 0.1) is 0 Å². The van der Waals surface area contributed by atoms with E-state index in [1.54, 1.807) is 38.5 Å². The normalized spacial score (nSPS) is 16.9. The number of para-hydroxylation sites is 1. The zero-order chi connectivity index (χ0) is 24.5. The van der Waals surface area contributed by atoms with Crippen LogP contribution in [0.25, 0.3) is 0 Å². The maximum Gasteiger partial charge on any atom is 0.299 e. The smallest absolute Gasteiger partial charge is 0.299 e. The summed E-state index contributed by atoms with van der Waals surface area (Å²) < 4.78 is 10.6. The topological polar surface area (TPSA) is 88.5 Å². The Labute approximate surface area is 202 Å². The van der Waals surface area contributed by atoms with Crippen LogP contribution in [0.3, 0.4) is 0 Å². The van der Waals surface area contributed by atoms with E-state index >= 15 is 0 Å². The van der Waals surface area contributed by atoms with Crippen LogP contribution in [0.2, 0.25) is 0 Å². The third kappa shape index (κ3) is 4.03. The van der Waals surface area contributed by atoms with Crippen LogP contribution in [-0.4, -0.2) is 49.1 Å². The van der Waals surface area contributed by atoms with Crippen LogP contribution in [0.1, 0.15) is 33.9 Å². The average Bonchev–Trinajstić information content (AvgIpc) is 3.45. The van der Waals surface area contributed by atoms with Gasteiger partial charge in [0, 0.05) is 12.0 Å². The second-order valence-corrected chi connectivity index (χ2v) is 8.25. The number of hydrogen-bond acceptors (Lipinski definition) is 6. The van der Waals surface area contributed by atoms with E-state index in [-0.39, 0.29) is 18.5 Å². The highest BCUT2D eigenvalue weighted by Gasteiger charge is 2.40. The molecule has 0 spiro atoms. The molecule has 5 rings (SSSR count). The predicted molar refractivity (Wildman–Crippen MR) is 130 cm³/mol. The molecule has 0 saturated heterocycles. The Balaban J connectivity index is 1.48. The summed E-state index contributed by atoms with van der Waals surface area (Å²) in [6.07, 6.45) is 0.481. The number of nitrogens with zero attached hydrogens (tertiary/aromatic N) is 3. The monoisotopic (exact) mass is 469 g/mol. The number of rotatable bonds is 6. The van der Waals surface area contributed by atoms with Gasteiger partial charge in [0.05, 0.1) is 37.2 Å². The van der Waals surface area contributed by atoms with Gasteiger partial charge in [0.1, 0.15) is 18.0 Å². The summed E-state index contributed by atoms with van der Waals surface area (Å²) in [5, 5.41) is 6.08. The van der Waals surface area contributed by atoms with Gasteiger partial charge in [-0.2, -0.15) is 5.10 Å². The third-order valence-electron chi connectivity index (χ3n) is 6.24. The van der Waals surface area contributed by atoms with Gasteiger partial charge in [0.15, 0.2) is 0 Å². The molecule has 1 unspecified atom stereocenters. The fraction of sp³-hybridized carbons (Fsp3) is 0.185. The van der Waals surface area contributed by atoms with E-state index in [0.29, 0.717) is 29.2 Å². The second-order valence-electron chi connectivity index (χ2n) is 8.25. The summed E-state index contributed by atoms with van der Waals surface area (Å²) >= 11 is 0. The fourth-order valence-electron chi connectivity index (χ4n) is 4.42. The second kappa shape index (κ2) is 9.06. The Morgan fingerprint density at radius 1 is 0.943 bits per heavy atom. The number of ether oxygens (including phenoxy) is 2. The molecular weight excluding hydrogens is 446 g/mol. The molecule has 0 N–H and O–H groups in total. The molecular formula is C27H23N3O5. The number of carbonyl (C=O) groups is 3. The van der Waals surface area contributed by atoms with Gasteiger partial charge in [-0.3, -0.25) is 19.3 Å². The summed E-state index contributed by atoms with van der Waals surface area (Å²) in [7, 11) is 3.19. The number of hydrogen-bond donors (Lipinski definition) is 0. The van der Waals surface area contributed by atoms with Gasteiger partial charge in [-0.15, -0.1) is 0 Å². The van der Waals surface area contributed by atoms with Gasteiger partial charge in [-0.1, -0.05) is 36.4 Å². The van der Waals surface area contributed by atoms with E-state index in [2.05, 4.69) is 5.10 Å². The SMILES string of the molecule is COc1ccc(C2CC(c3cccc(OC)c3)=NN2C(=O)CN2C(=O)C(=O)c3ccccc32)cc1. The standard InChI is InChI=1S/C27H23N3O5/c1-34-19-12-10-17(11-13-19)24-15-22(18-6-5-7-20(14-18)35-2)28-30(24)25(31)16-29-23-9-4-3-8-21(23)26(32)27(29)33/h3-14,24H,15-16H2,1-2H3. The van der Waals surface area contributed by atoms with Crippen molar-refractivity contribution in [1.82, 2.24) is 5.01 Å². The lowest BCUT2D eigenvalue weighted by molar-refractivity contribution is -0.132. The quantitative estimate of drug-likeness (QED) is 0.515. The molecule has 2 aliphatic rings. The van der Waals surface area contributed by atoms with Crippen LogP contribution < -0.4 is 14.4 Å². The van der Waals surface area contributed by atoms with Crippen LogP contribution in [-0.2, 0) is 9.59 Å². The molecule has 2 aliphatic heterocycles. The van der Waals surface area contributed by atoms with E-state index in [4.69, 9.17) is 9.47 Å². The van der Waals surface area contributed by atoms with Crippen molar-refractivity contribution in [2.24, 2.45) is 5.10 Å². The van der Waals surface area contributed by atoms with Crippen molar-refractivity contribution < 1.29 is 23.9 Å². The predicted octanol–water partition coefficient (Wildman–Crippen LogP) is 3.61. The lowest BCUT2D eigenvalue weighted by atomic mass is 9.98. The molecule has 8 nitrogen and oxygen atoms in total. The van der Waals surface area contributed by atoms with E-state index < -0.39 is 11.7 Å². The van der Waals surface area contributed by atoms with E-state index in [0.717, 1.165) is 16.8 Å². The third-order valence-corrected chi connectivity index (χ3v) is 6.24. The van der Waals surface area contributed by atoms with Crippen molar-refractivity contribution in [3.8, 4) is 11.5 Å². The van der Waals surface area contributed by atoms with Crippen molar-refractivity contribution in [2.45, 2.75) is 12.5 Å². The summed E-state index contributed by atoms with van der Waals surface area (Å²) in [5.41, 5.74) is 3.19. The highest BCUT2D eigenvalue weighted by molar-refractivity contribution is 6.52. The van der Waals surface area contributed by atoms with Crippen molar-refractivity contribution in [1.29, 1.82) is 0 Å². The average molecular weight is 469 g/mol. The van der Waals surface area contributed by atoms with Crippen molar-refractivity contribution in [3.63, 3.8) is 0 Å². The number of benzene rings is 3. The molecule has 2 heterocycles. The van der Waals surface area contributed by atoms with Gasteiger partial charge in [-0.25, -0.2) is 5.01 Å². The number of carbonyl (C=O) groups excluding carboxylic acids is 3. The number of hydrazone groups is 1. The van der Waals surface area contributed by atoms with Crippen LogP contribution in [0.5, 0.6) is 11.5 Å². The van der Waals surface area contributed by atoms with Gasteiger partial charge in [0.2, 0.25) is 0 Å². The van der Waals surface area contributed by atoms with Crippen molar-refractivity contribution >= 4 is 29.0 Å². The zero-order valence-corrected chi connectivity index (χ0v) is 19.3. The minimum absolute atomic E-state index is 0.289. The molecule has 3 aromatic rings. The van der Waals surface area contributed by atoms with Crippen LogP contribution in [0.4, 0.5) is 5.69 Å². The molecule has 176 valence electrons. The number of methoxy groups -OCH3 is 2. The molecule has 0 aromatic heterocycles. The maximum absolute atomic E-state index is 13.5. The fourth-order valence-corrected chi connectivity index (χ4v) is 4.42. The molecule has 0 radical (unpaired) electrons. The van der Waals surface area contributed by atoms with Gasteiger partial charge in [-0.05, 0) is 42.0 Å². The first-order valence-electron chi connectivity index (χ1n) is 11.1. The largest absolute Gasteiger partial charge is 0.497 e. The summed E-state index contributed by atoms with van der Waals surface area (Å²) in [6.45, 7) is -0.289. The molecule has 0 aliphatic carbocycles. The highest BCUT2D eigenvalue weighted by atomic mass is 16.5. The minimum atomic E-state index is -0.711. The molecule has 2 amide bonds. The molecule has 0 fully saturated rings. The minimum Gasteiger partial charge on any atom is -0.497 e. The maximum atomic E-state index is 13.5. The molecule has 0 saturated carbocycles. The number of anilines is 1. The summed E-state index contributed by atoms with van der Waals surface area (Å²) in [6, 6.07) is 21.3. The Kier molecular flexibility index (Phi) is 5.78. The number of ketones is 1. The summed E-state index contributed by atoms with van der Waals surface area (Å²) in [4.78, 5) is 39.8. The van der Waals surface area contributed by atoms with E-state index in [9.17, 15) is 14.4 Å². The lowest BCUT2D eigenvalue weighted by Gasteiger charge is -2.25. The lowest BCUT2D eigenvalue weighted by Crippen LogP contribution is -2.40. The highest BCUT2D eigenvalue weighted by Crippen LogP contribution is 2.35. The van der Waals surface area contributed by atoms with Crippen molar-refractivity contribution in [3.05, 3.63) is 89.5 Å². The Morgan fingerprint density at radius 3 is 2.43 bits per heavy atom. The van der Waals surface area contributed by atoms with Gasteiger partial charge in [0.25, 0.3) is 17.6 Å². The first-order valence-corrected chi connectivity index (χ1v) is 11.1. The molecule has 1 atom stereocenters. The number of fused-ring (bicyclic) bond motifs is 1. The Morgan fingerprint density at radius 2 is 1.69 bits per heavy atom. The van der Waals surface area contributed by atoms with Crippen LogP contribution >= 0.6 is 0 Å². The first kappa shape index (κ1) is 22.3. The molecule has 3 aromatic carbocycles. The Hall–Kier alpha value is -4.46. The number of amides is 2. The molecule has 35 heavy (non-hydrogen) atoms. The van der Waals surface area contributed by atoms with Gasteiger partial charge < -0.3 is 9.47 Å². The van der Waals surface area contributed by atoms with Crippen LogP contribution in [0.15, 0.2) is 77.9 Å². The van der Waals surface area contributed by atoms with Crippen molar-refractivity contribution in [2.75, 3.05) is 25.7 Å². The first-order chi connectivity index (χ1) is 17.0. The zero-order valence-electron chi connectivity index (χ0n) is 19.3. The van der Waals surface area contributed by atoms with Gasteiger partial charge >= 0.3 is 0 Å².